The van der Waals surface area contributed by atoms with Crippen LogP contribution < -0.4 is 10.1 Å². The zero-order chi connectivity index (χ0) is 20.5. The van der Waals surface area contributed by atoms with Gasteiger partial charge in [0.15, 0.2) is 17.7 Å². The number of fused-ring (bicyclic) bond motifs is 2. The van der Waals surface area contributed by atoms with Crippen LogP contribution in [0.2, 0.25) is 0 Å². The molecule has 3 aromatic carbocycles. The third-order valence-corrected chi connectivity index (χ3v) is 5.23. The van der Waals surface area contributed by atoms with Crippen LogP contribution in [-0.2, 0) is 4.79 Å². The molecule has 0 fully saturated rings. The SMILES string of the molecule is CC(Oc1ccc(Br)cc1)C(=O)Nc1cccc2c1C(=O)c1ccccc1C2=O. The average Bonchev–Trinajstić information content (AvgIpc) is 2.73. The number of amides is 1. The number of ketones is 2. The minimum Gasteiger partial charge on any atom is -0.481 e. The van der Waals surface area contributed by atoms with Crippen LogP contribution in [0.3, 0.4) is 0 Å². The van der Waals surface area contributed by atoms with E-state index >= 15 is 0 Å². The molecule has 0 radical (unpaired) electrons. The van der Waals surface area contributed by atoms with Crippen LogP contribution in [-0.4, -0.2) is 23.6 Å². The molecule has 1 amide bonds. The number of carbonyl (C=O) groups excluding carboxylic acids is 3. The van der Waals surface area contributed by atoms with E-state index in [2.05, 4.69) is 21.2 Å². The normalized spacial score (nSPS) is 13.3. The quantitative estimate of drug-likeness (QED) is 0.492. The van der Waals surface area contributed by atoms with Crippen LogP contribution in [0.25, 0.3) is 0 Å². The lowest BCUT2D eigenvalue weighted by atomic mass is 9.83. The van der Waals surface area contributed by atoms with Crippen LogP contribution in [0.5, 0.6) is 5.75 Å². The van der Waals surface area contributed by atoms with Crippen molar-refractivity contribution in [3.63, 3.8) is 0 Å². The van der Waals surface area contributed by atoms with Crippen molar-refractivity contribution in [3.8, 4) is 5.75 Å². The Morgan fingerprint density at radius 2 is 1.48 bits per heavy atom. The zero-order valence-corrected chi connectivity index (χ0v) is 17.0. The third-order valence-electron chi connectivity index (χ3n) is 4.71. The van der Waals surface area contributed by atoms with Gasteiger partial charge in [-0.15, -0.1) is 0 Å². The highest BCUT2D eigenvalue weighted by atomic mass is 79.9. The maximum Gasteiger partial charge on any atom is 0.265 e. The molecular weight excluding hydrogens is 434 g/mol. The van der Waals surface area contributed by atoms with Gasteiger partial charge in [-0.25, -0.2) is 0 Å². The van der Waals surface area contributed by atoms with Crippen molar-refractivity contribution >= 4 is 39.1 Å². The summed E-state index contributed by atoms with van der Waals surface area (Å²) in [6, 6.07) is 18.7. The number of nitrogens with one attached hydrogen (secondary N) is 1. The van der Waals surface area contributed by atoms with E-state index in [9.17, 15) is 14.4 Å². The molecule has 0 aromatic heterocycles. The lowest BCUT2D eigenvalue weighted by Crippen LogP contribution is -2.31. The molecule has 4 rings (SSSR count). The van der Waals surface area contributed by atoms with Crippen LogP contribution in [0, 0.1) is 0 Å². The molecule has 29 heavy (non-hydrogen) atoms. The zero-order valence-electron chi connectivity index (χ0n) is 15.4. The molecule has 1 aliphatic rings. The van der Waals surface area contributed by atoms with E-state index in [0.29, 0.717) is 22.6 Å². The summed E-state index contributed by atoms with van der Waals surface area (Å²) in [5.41, 5.74) is 1.51. The number of carbonyl (C=O) groups is 3. The van der Waals surface area contributed by atoms with Gasteiger partial charge < -0.3 is 10.1 Å². The summed E-state index contributed by atoms with van der Waals surface area (Å²) in [5, 5.41) is 2.74. The molecule has 0 saturated carbocycles. The Kier molecular flexibility index (Phi) is 5.03. The van der Waals surface area contributed by atoms with Crippen LogP contribution >= 0.6 is 15.9 Å². The summed E-state index contributed by atoms with van der Waals surface area (Å²) < 4.78 is 6.57. The second-order valence-electron chi connectivity index (χ2n) is 6.64. The van der Waals surface area contributed by atoms with E-state index in [1.54, 1.807) is 61.5 Å². The molecule has 0 spiro atoms. The van der Waals surface area contributed by atoms with Gasteiger partial charge in [0.1, 0.15) is 5.75 Å². The van der Waals surface area contributed by atoms with Crippen molar-refractivity contribution in [3.05, 3.63) is 93.5 Å². The van der Waals surface area contributed by atoms with Crippen molar-refractivity contribution < 1.29 is 19.1 Å². The lowest BCUT2D eigenvalue weighted by molar-refractivity contribution is -0.122. The number of anilines is 1. The summed E-state index contributed by atoms with van der Waals surface area (Å²) in [5.74, 6) is -0.385. The van der Waals surface area contributed by atoms with E-state index in [1.807, 2.05) is 12.1 Å². The Bertz CT molecular complexity index is 1140. The molecule has 0 saturated heterocycles. The molecule has 1 unspecified atom stereocenters. The van der Waals surface area contributed by atoms with Crippen molar-refractivity contribution in [2.45, 2.75) is 13.0 Å². The van der Waals surface area contributed by atoms with Gasteiger partial charge in [0.05, 0.1) is 11.3 Å². The molecule has 0 bridgehead atoms. The van der Waals surface area contributed by atoms with Crippen molar-refractivity contribution in [2.75, 3.05) is 5.32 Å². The van der Waals surface area contributed by atoms with Crippen LogP contribution in [0.1, 0.15) is 38.8 Å². The van der Waals surface area contributed by atoms with E-state index in [-0.39, 0.29) is 22.7 Å². The fraction of sp³-hybridized carbons (Fsp3) is 0.0870. The molecule has 1 aliphatic carbocycles. The number of hydrogen-bond acceptors (Lipinski definition) is 4. The molecular formula is C23H16BrNO4. The van der Waals surface area contributed by atoms with Crippen molar-refractivity contribution in [2.24, 2.45) is 0 Å². The molecule has 144 valence electrons. The summed E-state index contributed by atoms with van der Waals surface area (Å²) >= 11 is 3.35. The first-order chi connectivity index (χ1) is 14.0. The van der Waals surface area contributed by atoms with E-state index < -0.39 is 12.0 Å². The standard InChI is InChI=1S/C23H16BrNO4/c1-13(29-15-11-9-14(24)10-12-15)23(28)25-19-8-4-7-18-20(19)22(27)17-6-3-2-5-16(17)21(18)26/h2-13H,1H3,(H,25,28). The highest BCUT2D eigenvalue weighted by Gasteiger charge is 2.32. The first kappa shape index (κ1) is 19.1. The highest BCUT2D eigenvalue weighted by molar-refractivity contribution is 9.10. The summed E-state index contributed by atoms with van der Waals surface area (Å²) in [6.07, 6.45) is -0.797. The highest BCUT2D eigenvalue weighted by Crippen LogP contribution is 2.32. The smallest absolute Gasteiger partial charge is 0.265 e. The minimum absolute atomic E-state index is 0.209. The molecule has 0 heterocycles. The van der Waals surface area contributed by atoms with Crippen LogP contribution in [0.15, 0.2) is 71.2 Å². The van der Waals surface area contributed by atoms with Gasteiger partial charge in [0, 0.05) is 21.2 Å². The number of ether oxygens (including phenoxy) is 1. The second-order valence-corrected chi connectivity index (χ2v) is 7.55. The van der Waals surface area contributed by atoms with Gasteiger partial charge >= 0.3 is 0 Å². The fourth-order valence-corrected chi connectivity index (χ4v) is 3.52. The number of halogens is 1. The Labute approximate surface area is 175 Å². The lowest BCUT2D eigenvalue weighted by Gasteiger charge is -2.21. The Balaban J connectivity index is 1.60. The largest absolute Gasteiger partial charge is 0.481 e. The maximum atomic E-state index is 13.0. The summed E-state index contributed by atoms with van der Waals surface area (Å²) in [7, 11) is 0. The predicted octanol–water partition coefficient (Wildman–Crippen LogP) is 4.63. The number of rotatable bonds is 4. The van der Waals surface area contributed by atoms with E-state index in [1.165, 1.54) is 0 Å². The fourth-order valence-electron chi connectivity index (χ4n) is 3.25. The number of benzene rings is 3. The van der Waals surface area contributed by atoms with Gasteiger partial charge in [-0.2, -0.15) is 0 Å². The topological polar surface area (TPSA) is 72.5 Å². The van der Waals surface area contributed by atoms with E-state index in [0.717, 1.165) is 4.47 Å². The Hall–Kier alpha value is -3.25. The monoisotopic (exact) mass is 449 g/mol. The molecule has 1 atom stereocenters. The third kappa shape index (κ3) is 3.59. The van der Waals surface area contributed by atoms with Gasteiger partial charge in [-0.05, 0) is 37.3 Å². The Morgan fingerprint density at radius 1 is 0.862 bits per heavy atom. The maximum absolute atomic E-state index is 13.0. The molecule has 1 N–H and O–H groups in total. The summed E-state index contributed by atoms with van der Waals surface area (Å²) in [6.45, 7) is 1.62. The molecule has 5 nitrogen and oxygen atoms in total. The van der Waals surface area contributed by atoms with Gasteiger partial charge in [0.2, 0.25) is 0 Å². The average molecular weight is 450 g/mol. The minimum atomic E-state index is -0.797. The van der Waals surface area contributed by atoms with Crippen LogP contribution in [0.4, 0.5) is 5.69 Å². The first-order valence-corrected chi connectivity index (χ1v) is 9.79. The second kappa shape index (κ2) is 7.64. The van der Waals surface area contributed by atoms with E-state index in [4.69, 9.17) is 4.74 Å². The van der Waals surface area contributed by atoms with Gasteiger partial charge in [-0.1, -0.05) is 52.3 Å². The van der Waals surface area contributed by atoms with Crippen molar-refractivity contribution in [1.82, 2.24) is 0 Å². The predicted molar refractivity (Wildman–Crippen MR) is 113 cm³/mol. The first-order valence-electron chi connectivity index (χ1n) is 9.00. The number of hydrogen-bond donors (Lipinski definition) is 1. The molecule has 0 aliphatic heterocycles. The summed E-state index contributed by atoms with van der Waals surface area (Å²) in [4.78, 5) is 38.5. The molecule has 3 aromatic rings. The Morgan fingerprint density at radius 3 is 2.17 bits per heavy atom. The van der Waals surface area contributed by atoms with Gasteiger partial charge in [0.25, 0.3) is 5.91 Å². The molecule has 6 heteroatoms. The van der Waals surface area contributed by atoms with Gasteiger partial charge in [-0.3, -0.25) is 14.4 Å². The van der Waals surface area contributed by atoms with Crippen molar-refractivity contribution in [1.29, 1.82) is 0 Å².